The fraction of sp³-hybridized carbons (Fsp3) is 1.00. The molecule has 0 rings (SSSR count). The molecule has 0 aromatic carbocycles. The molecule has 0 aromatic rings. The summed E-state index contributed by atoms with van der Waals surface area (Å²) < 4.78 is 0. The molecule has 0 aliphatic rings. The largest absolute Gasteiger partial charge is 0.393 e. The van der Waals surface area contributed by atoms with Gasteiger partial charge in [0.25, 0.3) is 0 Å². The van der Waals surface area contributed by atoms with E-state index in [-0.39, 0.29) is 13.5 Å². The molecule has 0 amide bonds. The van der Waals surface area contributed by atoms with Crippen molar-refractivity contribution in [3.63, 3.8) is 0 Å². The lowest BCUT2D eigenvalue weighted by Gasteiger charge is -2.14. The fourth-order valence-electron chi connectivity index (χ4n) is 1.09. The van der Waals surface area contributed by atoms with Gasteiger partial charge < -0.3 is 5.11 Å². The monoisotopic (exact) mass is 376 g/mol. The maximum atomic E-state index is 8.63. The molecule has 0 radical (unpaired) electrons. The Morgan fingerprint density at radius 2 is 0.769 bits per heavy atom. The number of hydrogen-bond donors (Lipinski definition) is 1. The highest BCUT2D eigenvalue weighted by molar-refractivity contribution is 4.56. The van der Waals surface area contributed by atoms with E-state index in [9.17, 15) is 0 Å². The summed E-state index contributed by atoms with van der Waals surface area (Å²) in [7, 11) is 0. The van der Waals surface area contributed by atoms with E-state index < -0.39 is 0 Å². The van der Waals surface area contributed by atoms with E-state index in [1.54, 1.807) is 6.92 Å². The Bertz CT molecular complexity index is 190. The van der Waals surface area contributed by atoms with Gasteiger partial charge in [-0.1, -0.05) is 123 Å². The van der Waals surface area contributed by atoms with E-state index in [0.717, 1.165) is 23.7 Å². The molecule has 3 atom stereocenters. The van der Waals surface area contributed by atoms with Crippen molar-refractivity contribution in [2.75, 3.05) is 0 Å². The Labute approximate surface area is 170 Å². The fourth-order valence-corrected chi connectivity index (χ4v) is 1.09. The minimum atomic E-state index is -0.148. The molecule has 0 aromatic heterocycles. The summed E-state index contributed by atoms with van der Waals surface area (Å²) in [6.07, 6.45) is 6.47. The average molecular weight is 377 g/mol. The molecular weight excluding hydrogens is 316 g/mol. The Kier molecular flexibility index (Phi) is 38.5. The zero-order valence-corrected chi connectivity index (χ0v) is 20.4. The summed E-state index contributed by atoms with van der Waals surface area (Å²) in [4.78, 5) is 0. The van der Waals surface area contributed by atoms with E-state index >= 15 is 0 Å². The zero-order chi connectivity index (χ0) is 21.0. The van der Waals surface area contributed by atoms with Crippen LogP contribution in [-0.4, -0.2) is 11.2 Å². The van der Waals surface area contributed by atoms with Crippen molar-refractivity contribution in [1.29, 1.82) is 0 Å². The molecule has 0 bridgehead atoms. The molecule has 0 saturated heterocycles. The third kappa shape index (κ3) is 39.2. The number of aliphatic hydroxyl groups excluding tert-OH is 1. The van der Waals surface area contributed by atoms with Crippen LogP contribution in [0.15, 0.2) is 0 Å². The number of rotatable bonds is 7. The van der Waals surface area contributed by atoms with Crippen LogP contribution >= 0.6 is 0 Å². The van der Waals surface area contributed by atoms with E-state index in [1.165, 1.54) is 32.1 Å². The first kappa shape index (κ1) is 36.8. The van der Waals surface area contributed by atoms with Crippen LogP contribution in [0, 0.1) is 29.6 Å². The van der Waals surface area contributed by atoms with Gasteiger partial charge in [0.05, 0.1) is 6.10 Å². The molecular formula is C25H60O. The van der Waals surface area contributed by atoms with Crippen LogP contribution < -0.4 is 0 Å². The van der Waals surface area contributed by atoms with Crippen molar-refractivity contribution in [1.82, 2.24) is 0 Å². The smallest absolute Gasteiger partial charge is 0.0535 e. The van der Waals surface area contributed by atoms with Gasteiger partial charge in [-0.15, -0.1) is 0 Å². The van der Waals surface area contributed by atoms with Gasteiger partial charge in [-0.3, -0.25) is 0 Å². The van der Waals surface area contributed by atoms with Crippen LogP contribution in [0.3, 0.4) is 0 Å². The highest BCUT2D eigenvalue weighted by Crippen LogP contribution is 2.16. The van der Waals surface area contributed by atoms with E-state index in [0.29, 0.717) is 5.92 Å². The predicted octanol–water partition coefficient (Wildman–Crippen LogP) is 9.23. The molecule has 0 aliphatic carbocycles. The normalized spacial score (nSPS) is 13.3. The molecule has 26 heavy (non-hydrogen) atoms. The molecule has 1 N–H and O–H groups in total. The first-order chi connectivity index (χ1) is 11.4. The number of hydrogen-bond acceptors (Lipinski definition) is 1. The first-order valence-electron chi connectivity index (χ1n) is 11.1. The molecule has 1 heteroatoms. The van der Waals surface area contributed by atoms with Gasteiger partial charge in [0.1, 0.15) is 0 Å². The second kappa shape index (κ2) is 27.2. The van der Waals surface area contributed by atoms with E-state index in [1.807, 2.05) is 13.8 Å². The summed E-state index contributed by atoms with van der Waals surface area (Å²) in [6.45, 7) is 28.3. The van der Waals surface area contributed by atoms with Gasteiger partial charge in [0.2, 0.25) is 0 Å². The van der Waals surface area contributed by atoms with Gasteiger partial charge in [0.15, 0.2) is 0 Å². The van der Waals surface area contributed by atoms with Crippen LogP contribution in [0.25, 0.3) is 0 Å². The highest BCUT2D eigenvalue weighted by Gasteiger charge is 2.05. The third-order valence-corrected chi connectivity index (χ3v) is 5.43. The highest BCUT2D eigenvalue weighted by atomic mass is 16.3. The van der Waals surface area contributed by atoms with Crippen LogP contribution in [0.4, 0.5) is 0 Å². The Morgan fingerprint density at radius 3 is 0.808 bits per heavy atom. The van der Waals surface area contributed by atoms with Crippen LogP contribution in [0.1, 0.15) is 130 Å². The average Bonchev–Trinajstić information content (AvgIpc) is 2.60. The lowest BCUT2D eigenvalue weighted by molar-refractivity contribution is 0.144. The molecule has 0 spiro atoms. The van der Waals surface area contributed by atoms with Gasteiger partial charge in [-0.05, 0) is 36.5 Å². The first-order valence-corrected chi connectivity index (χ1v) is 11.1. The standard InChI is InChI=1S/C8H18.C6H14.C5H12O.C5H12.CH4/c1-5-7(3)8(4)6-2;1-4-6(3)5-2;1-4(2)5(3)6;1-4-5(2)3;/h7-8H,5-6H2,1-4H3;6H,4-5H2,1-3H3;4-6H,1-3H3;5H,4H2,1-3H3;1H4. The van der Waals surface area contributed by atoms with Gasteiger partial charge in [-0.2, -0.15) is 0 Å². The van der Waals surface area contributed by atoms with Gasteiger partial charge >= 0.3 is 0 Å². The van der Waals surface area contributed by atoms with E-state index in [2.05, 4.69) is 69.2 Å². The molecule has 1 nitrogen and oxygen atoms in total. The van der Waals surface area contributed by atoms with Crippen LogP contribution in [-0.2, 0) is 0 Å². The van der Waals surface area contributed by atoms with Crippen molar-refractivity contribution < 1.29 is 5.11 Å². The zero-order valence-electron chi connectivity index (χ0n) is 20.4. The molecule has 3 unspecified atom stereocenters. The van der Waals surface area contributed by atoms with Crippen molar-refractivity contribution in [3.8, 4) is 0 Å². The van der Waals surface area contributed by atoms with Crippen molar-refractivity contribution in [2.24, 2.45) is 29.6 Å². The summed E-state index contributed by atoms with van der Waals surface area (Å²) >= 11 is 0. The molecule has 0 saturated carbocycles. The molecule has 166 valence electrons. The summed E-state index contributed by atoms with van der Waals surface area (Å²) in [5, 5.41) is 8.63. The van der Waals surface area contributed by atoms with Crippen LogP contribution in [0.5, 0.6) is 0 Å². The quantitative estimate of drug-likeness (QED) is 0.469. The maximum absolute atomic E-state index is 8.63. The van der Waals surface area contributed by atoms with Gasteiger partial charge in [0, 0.05) is 0 Å². The lowest BCUT2D eigenvalue weighted by atomic mass is 9.92. The summed E-state index contributed by atoms with van der Waals surface area (Å²) in [5.74, 6) is 4.06. The molecule has 0 aliphatic heterocycles. The van der Waals surface area contributed by atoms with Crippen molar-refractivity contribution in [3.05, 3.63) is 0 Å². The SMILES string of the molecule is C.CC(C)C(C)O.CCC(C)C.CCC(C)C(C)CC.CCC(C)CC. The Morgan fingerprint density at radius 1 is 0.538 bits per heavy atom. The van der Waals surface area contributed by atoms with E-state index in [4.69, 9.17) is 5.11 Å². The summed E-state index contributed by atoms with van der Waals surface area (Å²) in [5.41, 5.74) is 0. The minimum absolute atomic E-state index is 0. The predicted molar refractivity (Wildman–Crippen MR) is 127 cm³/mol. The molecule has 0 heterocycles. The Hall–Kier alpha value is -0.0400. The Balaban J connectivity index is -0.0000000756. The number of aliphatic hydroxyl groups is 1. The molecule has 0 fully saturated rings. The minimum Gasteiger partial charge on any atom is -0.393 e. The lowest BCUT2D eigenvalue weighted by Crippen LogP contribution is -2.07. The second-order valence-electron chi connectivity index (χ2n) is 8.48. The maximum Gasteiger partial charge on any atom is 0.0535 e. The second-order valence-corrected chi connectivity index (χ2v) is 8.48. The van der Waals surface area contributed by atoms with Crippen molar-refractivity contribution >= 4 is 0 Å². The van der Waals surface area contributed by atoms with Crippen LogP contribution in [0.2, 0.25) is 0 Å². The van der Waals surface area contributed by atoms with Gasteiger partial charge in [-0.25, -0.2) is 0 Å². The summed E-state index contributed by atoms with van der Waals surface area (Å²) in [6, 6.07) is 0. The van der Waals surface area contributed by atoms with Crippen molar-refractivity contribution in [2.45, 2.75) is 136 Å². The topological polar surface area (TPSA) is 20.2 Å². The third-order valence-electron chi connectivity index (χ3n) is 5.43.